The van der Waals surface area contributed by atoms with Gasteiger partial charge >= 0.3 is 5.97 Å². The van der Waals surface area contributed by atoms with Crippen molar-refractivity contribution in [3.8, 4) is 28.1 Å². The van der Waals surface area contributed by atoms with Crippen molar-refractivity contribution in [3.63, 3.8) is 0 Å². The highest BCUT2D eigenvalue weighted by atomic mass is 16.5. The van der Waals surface area contributed by atoms with Gasteiger partial charge in [0.1, 0.15) is 23.0 Å². The Hall–Kier alpha value is -4.79. The summed E-state index contributed by atoms with van der Waals surface area (Å²) in [6.07, 6.45) is 2.32. The van der Waals surface area contributed by atoms with Crippen LogP contribution >= 0.6 is 0 Å². The van der Waals surface area contributed by atoms with E-state index in [9.17, 15) is 4.79 Å². The van der Waals surface area contributed by atoms with Crippen molar-refractivity contribution in [2.75, 3.05) is 14.2 Å². The number of hydrogen-bond donors (Lipinski definition) is 1. The zero-order chi connectivity index (χ0) is 26.6. The van der Waals surface area contributed by atoms with Crippen LogP contribution in [0.5, 0.6) is 5.75 Å². The lowest BCUT2D eigenvalue weighted by Crippen LogP contribution is -2.04. The predicted octanol–water partition coefficient (Wildman–Crippen LogP) is 5.96. The highest BCUT2D eigenvalue weighted by Gasteiger charge is 2.23. The molecule has 0 unspecified atom stereocenters. The summed E-state index contributed by atoms with van der Waals surface area (Å²) in [5.41, 5.74) is 6.72. The standard InChI is InChI=1S/C29H25N5O4/c1-6-23-32-27(17-9-10-18(29(35)37-5)26-16(17)8-7-11-30-26)25-19-13-22(36-4)20(12-21(19)31-28(25)33-23)24-14(2)34-38-15(24)3/h7-13H,6H2,1-5H3,(H,31,32,33). The molecule has 6 aromatic rings. The van der Waals surface area contributed by atoms with E-state index in [4.69, 9.17) is 24.0 Å². The second-order valence-corrected chi connectivity index (χ2v) is 9.04. The van der Waals surface area contributed by atoms with E-state index in [1.165, 1.54) is 7.11 Å². The van der Waals surface area contributed by atoms with Crippen LogP contribution in [0.2, 0.25) is 0 Å². The van der Waals surface area contributed by atoms with Crippen molar-refractivity contribution in [2.45, 2.75) is 27.2 Å². The second-order valence-electron chi connectivity index (χ2n) is 9.04. The van der Waals surface area contributed by atoms with E-state index in [-0.39, 0.29) is 0 Å². The van der Waals surface area contributed by atoms with Crippen LogP contribution in [0, 0.1) is 13.8 Å². The molecule has 1 N–H and O–H groups in total. The molecular weight excluding hydrogens is 482 g/mol. The van der Waals surface area contributed by atoms with Gasteiger partial charge in [0.25, 0.3) is 0 Å². The molecule has 2 aromatic carbocycles. The van der Waals surface area contributed by atoms with Gasteiger partial charge in [-0.05, 0) is 38.1 Å². The van der Waals surface area contributed by atoms with E-state index in [1.807, 2.05) is 51.1 Å². The van der Waals surface area contributed by atoms with Gasteiger partial charge in [-0.15, -0.1) is 0 Å². The number of aromatic nitrogens is 5. The average molecular weight is 508 g/mol. The normalized spacial score (nSPS) is 11.5. The Morgan fingerprint density at radius 3 is 2.61 bits per heavy atom. The highest BCUT2D eigenvalue weighted by molar-refractivity contribution is 6.17. The molecule has 38 heavy (non-hydrogen) atoms. The first-order valence-corrected chi connectivity index (χ1v) is 12.2. The van der Waals surface area contributed by atoms with Crippen molar-refractivity contribution >= 4 is 38.8 Å². The van der Waals surface area contributed by atoms with Gasteiger partial charge in [-0.25, -0.2) is 14.8 Å². The van der Waals surface area contributed by atoms with Gasteiger partial charge in [0.2, 0.25) is 0 Å². The highest BCUT2D eigenvalue weighted by Crippen LogP contribution is 2.42. The predicted molar refractivity (Wildman–Crippen MR) is 144 cm³/mol. The Labute approximate surface area is 217 Å². The quantitative estimate of drug-likeness (QED) is 0.284. The maximum absolute atomic E-state index is 12.5. The lowest BCUT2D eigenvalue weighted by molar-refractivity contribution is 0.0602. The summed E-state index contributed by atoms with van der Waals surface area (Å²) >= 11 is 0. The van der Waals surface area contributed by atoms with E-state index in [0.717, 1.165) is 55.5 Å². The van der Waals surface area contributed by atoms with Gasteiger partial charge < -0.3 is 19.0 Å². The fourth-order valence-electron chi connectivity index (χ4n) is 5.11. The Kier molecular flexibility index (Phi) is 5.56. The number of hydrogen-bond acceptors (Lipinski definition) is 8. The molecule has 6 rings (SSSR count). The Bertz CT molecular complexity index is 1870. The molecule has 9 nitrogen and oxygen atoms in total. The summed E-state index contributed by atoms with van der Waals surface area (Å²) in [5.74, 6) is 1.66. The summed E-state index contributed by atoms with van der Waals surface area (Å²) in [6.45, 7) is 5.82. The summed E-state index contributed by atoms with van der Waals surface area (Å²) in [4.78, 5) is 30.2. The molecule has 4 heterocycles. The van der Waals surface area contributed by atoms with Crippen molar-refractivity contribution < 1.29 is 18.8 Å². The van der Waals surface area contributed by atoms with E-state index >= 15 is 0 Å². The largest absolute Gasteiger partial charge is 0.496 e. The zero-order valence-corrected chi connectivity index (χ0v) is 21.7. The molecule has 0 fully saturated rings. The SMILES string of the molecule is CCc1nc(-c2ccc(C(=O)OC)c3ncccc23)c2c(n1)[nH]c1cc(-c3c(C)noc3C)c(OC)cc12. The number of carbonyl (C=O) groups is 1. The Balaban J connectivity index is 1.70. The van der Waals surface area contributed by atoms with Gasteiger partial charge in [-0.1, -0.05) is 24.2 Å². The molecule has 190 valence electrons. The summed E-state index contributed by atoms with van der Waals surface area (Å²) < 4.78 is 16.3. The first kappa shape index (κ1) is 23.6. The van der Waals surface area contributed by atoms with Crippen LogP contribution in [0.25, 0.3) is 55.2 Å². The van der Waals surface area contributed by atoms with Crippen LogP contribution in [0.3, 0.4) is 0 Å². The van der Waals surface area contributed by atoms with Gasteiger partial charge in [0.15, 0.2) is 0 Å². The summed E-state index contributed by atoms with van der Waals surface area (Å²) in [7, 11) is 3.01. The minimum atomic E-state index is -0.439. The number of aromatic amines is 1. The van der Waals surface area contributed by atoms with Crippen LogP contribution in [-0.2, 0) is 11.2 Å². The molecule has 0 spiro atoms. The van der Waals surface area contributed by atoms with Gasteiger partial charge in [-0.2, -0.15) is 0 Å². The number of methoxy groups -OCH3 is 2. The summed E-state index contributed by atoms with van der Waals surface area (Å²) in [6, 6.07) is 11.5. The van der Waals surface area contributed by atoms with Crippen LogP contribution in [0.4, 0.5) is 0 Å². The molecular formula is C29H25N5O4. The lowest BCUT2D eigenvalue weighted by Gasteiger charge is -2.12. The van der Waals surface area contributed by atoms with E-state index < -0.39 is 5.97 Å². The van der Waals surface area contributed by atoms with Crippen molar-refractivity contribution in [2.24, 2.45) is 0 Å². The third-order valence-corrected chi connectivity index (χ3v) is 6.87. The molecule has 0 radical (unpaired) electrons. The number of rotatable bonds is 5. The van der Waals surface area contributed by atoms with E-state index in [0.29, 0.717) is 34.7 Å². The van der Waals surface area contributed by atoms with Gasteiger partial charge in [0.05, 0.1) is 47.6 Å². The van der Waals surface area contributed by atoms with Crippen LogP contribution in [0.1, 0.15) is 34.6 Å². The molecule has 0 bridgehead atoms. The smallest absolute Gasteiger partial charge is 0.340 e. The fraction of sp³-hybridized carbons (Fsp3) is 0.207. The van der Waals surface area contributed by atoms with Crippen LogP contribution in [-0.4, -0.2) is 45.3 Å². The third kappa shape index (κ3) is 3.50. The maximum Gasteiger partial charge on any atom is 0.340 e. The molecule has 0 amide bonds. The molecule has 9 heteroatoms. The number of fused-ring (bicyclic) bond motifs is 4. The Morgan fingerprint density at radius 2 is 1.89 bits per heavy atom. The zero-order valence-electron chi connectivity index (χ0n) is 21.7. The number of esters is 1. The molecule has 0 aliphatic rings. The third-order valence-electron chi connectivity index (χ3n) is 6.87. The molecule has 0 aliphatic carbocycles. The first-order valence-electron chi connectivity index (χ1n) is 12.2. The molecule has 4 aromatic heterocycles. The second kappa shape index (κ2) is 8.95. The van der Waals surface area contributed by atoms with Crippen molar-refractivity contribution in [3.05, 3.63) is 65.4 Å². The molecule has 0 saturated carbocycles. The van der Waals surface area contributed by atoms with E-state index in [1.54, 1.807) is 19.4 Å². The number of H-pyrrole nitrogens is 1. The molecule has 0 aliphatic heterocycles. The van der Waals surface area contributed by atoms with Gasteiger partial charge in [-0.3, -0.25) is 4.98 Å². The molecule has 0 saturated heterocycles. The van der Waals surface area contributed by atoms with Gasteiger partial charge in [0, 0.05) is 40.0 Å². The Morgan fingerprint density at radius 1 is 1.05 bits per heavy atom. The summed E-state index contributed by atoms with van der Waals surface area (Å²) in [5, 5.41) is 6.69. The minimum absolute atomic E-state index is 0.401. The number of carbonyl (C=O) groups excluding carboxylic acids is 1. The number of nitrogens with one attached hydrogen (secondary N) is 1. The monoisotopic (exact) mass is 507 g/mol. The average Bonchev–Trinajstić information content (AvgIpc) is 3.48. The fourth-order valence-corrected chi connectivity index (χ4v) is 5.11. The van der Waals surface area contributed by atoms with Crippen molar-refractivity contribution in [1.29, 1.82) is 0 Å². The van der Waals surface area contributed by atoms with Crippen molar-refractivity contribution in [1.82, 2.24) is 25.1 Å². The number of nitrogens with zero attached hydrogens (tertiary/aromatic N) is 4. The van der Waals surface area contributed by atoms with E-state index in [2.05, 4.69) is 15.1 Å². The number of aryl methyl sites for hydroxylation is 3. The minimum Gasteiger partial charge on any atom is -0.496 e. The molecule has 0 atom stereocenters. The number of benzene rings is 2. The maximum atomic E-state index is 12.5. The van der Waals surface area contributed by atoms with Crippen LogP contribution in [0.15, 0.2) is 47.1 Å². The topological polar surface area (TPSA) is 116 Å². The number of ether oxygens (including phenoxy) is 2. The lowest BCUT2D eigenvalue weighted by atomic mass is 9.97. The first-order chi connectivity index (χ1) is 18.4. The van der Waals surface area contributed by atoms with Crippen LogP contribution < -0.4 is 4.74 Å². The number of pyridine rings is 1.